The van der Waals surface area contributed by atoms with Crippen molar-refractivity contribution in [1.29, 1.82) is 0 Å². The van der Waals surface area contributed by atoms with Crippen LogP contribution in [0.25, 0.3) is 0 Å². The van der Waals surface area contributed by atoms with Crippen molar-refractivity contribution in [3.05, 3.63) is 58.1 Å². The molecule has 2 aromatic carbocycles. The number of unbranched alkanes of at least 4 members (excludes halogenated alkanes) is 4. The van der Waals surface area contributed by atoms with Gasteiger partial charge in [-0.25, -0.2) is 5.90 Å². The molecule has 1 aliphatic carbocycles. The second-order valence-electron chi connectivity index (χ2n) is 10.7. The predicted octanol–water partition coefficient (Wildman–Crippen LogP) is 6.53. The summed E-state index contributed by atoms with van der Waals surface area (Å²) in [5.74, 6) is 6.10. The summed E-state index contributed by atoms with van der Waals surface area (Å²) < 4.78 is 6.45. The van der Waals surface area contributed by atoms with Crippen LogP contribution in [0.5, 0.6) is 5.75 Å². The van der Waals surface area contributed by atoms with Gasteiger partial charge in [0.1, 0.15) is 5.75 Å². The Hall–Kier alpha value is -1.97. The molecule has 1 heterocycles. The Morgan fingerprint density at radius 2 is 1.83 bits per heavy atom. The molecule has 4 rings (SSSR count). The van der Waals surface area contributed by atoms with Gasteiger partial charge in [0, 0.05) is 36.2 Å². The molecule has 0 unspecified atom stereocenters. The van der Waals surface area contributed by atoms with Gasteiger partial charge in [-0.2, -0.15) is 13.5 Å². The second-order valence-corrected chi connectivity index (χ2v) is 11.1. The van der Waals surface area contributed by atoms with Crippen molar-refractivity contribution < 1.29 is 19.5 Å². The number of anilines is 1. The molecule has 0 saturated heterocycles. The summed E-state index contributed by atoms with van der Waals surface area (Å²) in [6, 6.07) is 11.9. The number of carbonyl (C=O) groups excluding carboxylic acids is 1. The molecule has 0 radical (unpaired) electrons. The van der Waals surface area contributed by atoms with E-state index in [0.717, 1.165) is 68.8 Å². The van der Waals surface area contributed by atoms with E-state index in [-0.39, 0.29) is 18.9 Å². The lowest BCUT2D eigenvalue weighted by Gasteiger charge is -2.41. The van der Waals surface area contributed by atoms with Gasteiger partial charge in [-0.3, -0.25) is 4.79 Å². The molecular formula is C32H52ClN3O4S. The number of aliphatic hydroxyl groups excluding tert-OH is 1. The molecule has 41 heavy (non-hydrogen) atoms. The number of fused-ring (bicyclic) bond motifs is 3. The summed E-state index contributed by atoms with van der Waals surface area (Å²) in [6.45, 7) is 9.19. The van der Waals surface area contributed by atoms with Crippen LogP contribution in [0.1, 0.15) is 93.6 Å². The number of hydrogen-bond donors (Lipinski definition) is 3. The van der Waals surface area contributed by atoms with Crippen molar-refractivity contribution in [3.63, 3.8) is 0 Å². The summed E-state index contributed by atoms with van der Waals surface area (Å²) >= 11 is 6.34. The van der Waals surface area contributed by atoms with Gasteiger partial charge in [0.25, 0.3) is 0 Å². The summed E-state index contributed by atoms with van der Waals surface area (Å²) in [4.78, 5) is 19.1. The van der Waals surface area contributed by atoms with Crippen LogP contribution in [0, 0.1) is 5.92 Å². The Bertz CT molecular complexity index is 1060. The highest BCUT2D eigenvalue weighted by molar-refractivity contribution is 7.59. The number of hydrogen-bond acceptors (Lipinski definition) is 6. The fourth-order valence-electron chi connectivity index (χ4n) is 5.88. The van der Waals surface area contributed by atoms with Crippen molar-refractivity contribution in [2.24, 2.45) is 17.5 Å². The van der Waals surface area contributed by atoms with E-state index >= 15 is 0 Å². The maximum Gasteiger partial charge on any atom is 0.248 e. The van der Waals surface area contributed by atoms with E-state index in [1.165, 1.54) is 36.8 Å². The lowest BCUT2D eigenvalue weighted by atomic mass is 9.70. The van der Waals surface area contributed by atoms with E-state index in [1.54, 1.807) is 6.07 Å². The number of nitrogens with zero attached hydrogens (tertiary/aromatic N) is 1. The van der Waals surface area contributed by atoms with Crippen molar-refractivity contribution >= 4 is 36.7 Å². The first kappa shape index (κ1) is 37.1. The first-order chi connectivity index (χ1) is 19.4. The average Bonchev–Trinajstić information content (AvgIpc) is 3.11. The molecule has 9 heteroatoms. The van der Waals surface area contributed by atoms with E-state index in [9.17, 15) is 4.79 Å². The number of primary amides is 1. The van der Waals surface area contributed by atoms with Crippen molar-refractivity contribution in [1.82, 2.24) is 0 Å². The zero-order valence-electron chi connectivity index (χ0n) is 25.4. The molecule has 0 fully saturated rings. The van der Waals surface area contributed by atoms with Gasteiger partial charge in [-0.15, -0.1) is 0 Å². The van der Waals surface area contributed by atoms with Gasteiger partial charge in [-0.05, 0) is 79.5 Å². The molecule has 2 aromatic rings. The Kier molecular flexibility index (Phi) is 17.4. The molecule has 1 spiro atoms. The highest BCUT2D eigenvalue weighted by atomic mass is 35.5. The number of carbonyl (C=O) groups is 1. The molecule has 1 aliphatic heterocycles. The van der Waals surface area contributed by atoms with E-state index < -0.39 is 5.91 Å². The quantitative estimate of drug-likeness (QED) is 0.197. The number of amides is 1. The number of aliphatic hydroxyl groups is 1. The van der Waals surface area contributed by atoms with Crippen molar-refractivity contribution in [2.45, 2.75) is 84.0 Å². The van der Waals surface area contributed by atoms with Crippen molar-refractivity contribution in [2.75, 3.05) is 38.3 Å². The normalized spacial score (nSPS) is 17.7. The molecule has 5 N–H and O–H groups in total. The number of rotatable bonds is 11. The Labute approximate surface area is 259 Å². The molecule has 7 nitrogen and oxygen atoms in total. The van der Waals surface area contributed by atoms with Gasteiger partial charge < -0.3 is 25.3 Å². The van der Waals surface area contributed by atoms with Crippen LogP contribution >= 0.6 is 25.1 Å². The Morgan fingerprint density at radius 1 is 1.12 bits per heavy atom. The van der Waals surface area contributed by atoms with Gasteiger partial charge in [0.15, 0.2) is 0 Å². The number of aryl methyl sites for hydroxylation is 1. The molecule has 232 valence electrons. The van der Waals surface area contributed by atoms with Crippen LogP contribution in [0.4, 0.5) is 5.69 Å². The number of nitrogens with two attached hydrogens (primary N) is 2. The summed E-state index contributed by atoms with van der Waals surface area (Å²) in [6.07, 6.45) is 10.3. The third-order valence-corrected chi connectivity index (χ3v) is 8.06. The minimum atomic E-state index is -0.413. The molecule has 0 saturated carbocycles. The van der Waals surface area contributed by atoms with Crippen LogP contribution in [0.2, 0.25) is 5.02 Å². The predicted molar refractivity (Wildman–Crippen MR) is 176 cm³/mol. The average molecular weight is 610 g/mol. The number of benzene rings is 2. The van der Waals surface area contributed by atoms with Crippen LogP contribution in [0.15, 0.2) is 36.4 Å². The van der Waals surface area contributed by atoms with Crippen LogP contribution in [-0.2, 0) is 16.7 Å². The van der Waals surface area contributed by atoms with E-state index in [1.807, 2.05) is 32.0 Å². The molecule has 2 atom stereocenters. The molecule has 2 aliphatic rings. The maximum absolute atomic E-state index is 12.0. The minimum Gasteiger partial charge on any atom is -0.490 e. The van der Waals surface area contributed by atoms with E-state index in [4.69, 9.17) is 37.9 Å². The van der Waals surface area contributed by atoms with Gasteiger partial charge >= 0.3 is 0 Å². The lowest BCUT2D eigenvalue weighted by Crippen LogP contribution is -2.46. The highest BCUT2D eigenvalue weighted by Crippen LogP contribution is 2.44. The fourth-order valence-corrected chi connectivity index (χ4v) is 6.07. The first-order valence-electron chi connectivity index (χ1n) is 14.8. The molecule has 0 aromatic heterocycles. The zero-order chi connectivity index (χ0) is 29.5. The van der Waals surface area contributed by atoms with Crippen molar-refractivity contribution in [3.8, 4) is 5.75 Å². The Balaban J connectivity index is 0.00000161. The lowest BCUT2D eigenvalue weighted by molar-refractivity contribution is 0.1000. The van der Waals surface area contributed by atoms with E-state index in [2.05, 4.69) is 24.0 Å². The summed E-state index contributed by atoms with van der Waals surface area (Å²) in [7, 11) is 1.00. The minimum absolute atomic E-state index is 0. The SMILES string of the molecule is CC.CO.C[C@@H](CCCCCCCN1C[C@@]2(CCCc3cc(Cl)ccc32)COc2ccc(C(N)=O)cc21)CON.S. The van der Waals surface area contributed by atoms with E-state index in [0.29, 0.717) is 24.7 Å². The molecular weight excluding hydrogens is 558 g/mol. The Morgan fingerprint density at radius 3 is 2.54 bits per heavy atom. The van der Waals surface area contributed by atoms with Crippen LogP contribution in [-0.4, -0.2) is 44.4 Å². The van der Waals surface area contributed by atoms with Crippen LogP contribution < -0.4 is 21.3 Å². The summed E-state index contributed by atoms with van der Waals surface area (Å²) in [5, 5.41) is 7.79. The topological polar surface area (TPSA) is 111 Å². The maximum atomic E-state index is 12.0. The van der Waals surface area contributed by atoms with Gasteiger partial charge in [-0.1, -0.05) is 64.1 Å². The fraction of sp³-hybridized carbons (Fsp3) is 0.594. The van der Waals surface area contributed by atoms with Gasteiger partial charge in [0.05, 0.1) is 18.9 Å². The zero-order valence-corrected chi connectivity index (χ0v) is 27.1. The largest absolute Gasteiger partial charge is 0.490 e. The van der Waals surface area contributed by atoms with Crippen LogP contribution in [0.3, 0.4) is 0 Å². The first-order valence-corrected chi connectivity index (χ1v) is 15.2. The third-order valence-electron chi connectivity index (χ3n) is 7.83. The smallest absolute Gasteiger partial charge is 0.248 e. The number of ether oxygens (including phenoxy) is 1. The summed E-state index contributed by atoms with van der Waals surface area (Å²) in [5.41, 5.74) is 9.69. The molecule has 0 bridgehead atoms. The third kappa shape index (κ3) is 10.4. The monoisotopic (exact) mass is 609 g/mol. The number of halogens is 1. The highest BCUT2D eigenvalue weighted by Gasteiger charge is 2.41. The second kappa shape index (κ2) is 19.3. The molecule has 1 amide bonds. The standard InChI is InChI=1S/C29H40ClN3O3.C2H6.CH4O.H2S/c1-21(18-36-32)8-5-3-2-4-6-15-33-19-29(14-7-9-22-16-24(30)11-12-25(22)29)20-35-27-13-10-23(28(31)34)17-26(27)33;2*1-2;/h10-13,16-17,21H,2-9,14-15,18-20,32H2,1H3,(H2,31,34);1-2H3;2H,1H3;1H2/t21-,29-;;;/m0.../s1. The van der Waals surface area contributed by atoms with Gasteiger partial charge in [0.2, 0.25) is 5.91 Å².